The zero-order valence-electron chi connectivity index (χ0n) is 5.69. The second-order valence-electron chi connectivity index (χ2n) is 2.20. The molecule has 0 bridgehead atoms. The topological polar surface area (TPSA) is 54.1 Å². The van der Waals surface area contributed by atoms with E-state index in [-0.39, 0.29) is 5.78 Å². The Labute approximate surface area is 63.1 Å². The van der Waals surface area contributed by atoms with E-state index in [1.807, 2.05) is 0 Å². The number of rotatable bonds is 0. The molecule has 11 heavy (non-hydrogen) atoms. The second kappa shape index (κ2) is 2.23. The molecule has 0 aromatic heterocycles. The summed E-state index contributed by atoms with van der Waals surface area (Å²) in [6.45, 7) is 0.415. The van der Waals surface area contributed by atoms with Crippen LogP contribution in [0, 0.1) is 0 Å². The average molecular weight is 147 g/mol. The molecule has 2 heterocycles. The van der Waals surface area contributed by atoms with Gasteiger partial charge in [0.1, 0.15) is 6.67 Å². The molecular weight excluding hydrogens is 142 g/mol. The van der Waals surface area contributed by atoms with Gasteiger partial charge < -0.3 is 0 Å². The van der Waals surface area contributed by atoms with Gasteiger partial charge in [0.25, 0.3) is 0 Å². The third kappa shape index (κ3) is 1.02. The molecule has 0 amide bonds. The minimum absolute atomic E-state index is 0.104. The zero-order valence-corrected chi connectivity index (χ0v) is 5.69. The van der Waals surface area contributed by atoms with Gasteiger partial charge >= 0.3 is 0 Å². The van der Waals surface area contributed by atoms with Gasteiger partial charge in [0.05, 0.1) is 6.21 Å². The summed E-state index contributed by atoms with van der Waals surface area (Å²) in [4.78, 5) is 22.5. The Morgan fingerprint density at radius 2 is 2.27 bits per heavy atom. The lowest BCUT2D eigenvalue weighted by Gasteiger charge is -2.07. The first-order chi connectivity index (χ1) is 5.36. The molecular formula is C7H5N3O. The van der Waals surface area contributed by atoms with Gasteiger partial charge in [-0.05, 0) is 6.08 Å². The molecule has 54 valence electrons. The highest BCUT2D eigenvalue weighted by Gasteiger charge is 2.12. The molecule has 0 aliphatic carbocycles. The monoisotopic (exact) mass is 147 g/mol. The normalized spacial score (nSPS) is 20.9. The van der Waals surface area contributed by atoms with Gasteiger partial charge in [-0.15, -0.1) is 0 Å². The summed E-state index contributed by atoms with van der Waals surface area (Å²) in [6.07, 6.45) is 4.37. The highest BCUT2D eigenvalue weighted by molar-refractivity contribution is 6.41. The van der Waals surface area contributed by atoms with Crippen LogP contribution in [0.1, 0.15) is 0 Å². The van der Waals surface area contributed by atoms with E-state index in [9.17, 15) is 4.79 Å². The summed E-state index contributed by atoms with van der Waals surface area (Å²) >= 11 is 0. The molecule has 0 atom stereocenters. The molecule has 0 aromatic rings. The maximum atomic E-state index is 10.8. The predicted molar refractivity (Wildman–Crippen MR) is 42.4 cm³/mol. The molecule has 2 rings (SSSR count). The van der Waals surface area contributed by atoms with Gasteiger partial charge in [-0.3, -0.25) is 9.79 Å². The number of allylic oxidation sites excluding steroid dienone is 1. The molecule has 0 spiro atoms. The van der Waals surface area contributed by atoms with Crippen molar-refractivity contribution in [2.24, 2.45) is 15.0 Å². The fourth-order valence-corrected chi connectivity index (χ4v) is 0.928. The third-order valence-corrected chi connectivity index (χ3v) is 1.40. The lowest BCUT2D eigenvalue weighted by Crippen LogP contribution is -2.15. The van der Waals surface area contributed by atoms with Crippen LogP contribution in [-0.2, 0) is 4.79 Å². The van der Waals surface area contributed by atoms with Crippen LogP contribution in [0.25, 0.3) is 0 Å². The number of carbonyl (C=O) groups excluding carboxylic acids is 1. The Morgan fingerprint density at radius 1 is 1.36 bits per heavy atom. The molecule has 0 fully saturated rings. The summed E-state index contributed by atoms with van der Waals surface area (Å²) in [7, 11) is 0. The van der Waals surface area contributed by atoms with E-state index in [1.165, 1.54) is 12.3 Å². The lowest BCUT2D eigenvalue weighted by molar-refractivity contribution is -0.108. The molecule has 0 saturated heterocycles. The molecule has 2 aliphatic heterocycles. The molecule has 4 nitrogen and oxygen atoms in total. The molecule has 4 heteroatoms. The number of hydrogen-bond donors (Lipinski definition) is 0. The van der Waals surface area contributed by atoms with Crippen molar-refractivity contribution in [3.63, 3.8) is 0 Å². The van der Waals surface area contributed by atoms with Crippen LogP contribution in [0.5, 0.6) is 0 Å². The first kappa shape index (κ1) is 6.15. The van der Waals surface area contributed by atoms with Gasteiger partial charge in [0.15, 0.2) is 11.6 Å². The van der Waals surface area contributed by atoms with Crippen molar-refractivity contribution in [2.75, 3.05) is 6.67 Å². The molecule has 0 saturated carbocycles. The van der Waals surface area contributed by atoms with Crippen molar-refractivity contribution in [1.82, 2.24) is 0 Å². The van der Waals surface area contributed by atoms with Crippen LogP contribution >= 0.6 is 0 Å². The maximum absolute atomic E-state index is 10.8. The van der Waals surface area contributed by atoms with E-state index in [4.69, 9.17) is 0 Å². The average Bonchev–Trinajstić information content (AvgIpc) is 2.04. The fourth-order valence-electron chi connectivity index (χ4n) is 0.928. The van der Waals surface area contributed by atoms with Crippen molar-refractivity contribution in [3.8, 4) is 0 Å². The Balaban J connectivity index is 2.44. The number of fused-ring (bicyclic) bond motifs is 1. The van der Waals surface area contributed by atoms with Gasteiger partial charge in [-0.2, -0.15) is 0 Å². The number of dihydropyridines is 1. The highest BCUT2D eigenvalue weighted by Crippen LogP contribution is 2.05. The van der Waals surface area contributed by atoms with E-state index >= 15 is 0 Å². The van der Waals surface area contributed by atoms with Gasteiger partial charge in [-0.25, -0.2) is 9.98 Å². The third-order valence-electron chi connectivity index (χ3n) is 1.40. The fraction of sp³-hybridized carbons (Fsp3) is 0.143. The first-order valence-corrected chi connectivity index (χ1v) is 3.20. The molecule has 0 N–H and O–H groups in total. The van der Waals surface area contributed by atoms with E-state index in [0.29, 0.717) is 18.1 Å². The van der Waals surface area contributed by atoms with Crippen LogP contribution in [0.3, 0.4) is 0 Å². The van der Waals surface area contributed by atoms with E-state index < -0.39 is 0 Å². The Bertz CT molecular complexity index is 323. The molecule has 0 unspecified atom stereocenters. The smallest absolute Gasteiger partial charge is 0.197 e. The Kier molecular flexibility index (Phi) is 1.25. The minimum atomic E-state index is -0.104. The summed E-state index contributed by atoms with van der Waals surface area (Å²) < 4.78 is 0. The summed E-state index contributed by atoms with van der Waals surface area (Å²) in [6, 6.07) is 0. The number of hydrogen-bond acceptors (Lipinski definition) is 4. The standard InChI is InChI=1S/C7H5N3O/c11-6-1-5-2-8-4-10-7(5)9-3-6/h1-3H,4H2. The van der Waals surface area contributed by atoms with Gasteiger partial charge in [-0.1, -0.05) is 0 Å². The van der Waals surface area contributed by atoms with Gasteiger partial charge in [0.2, 0.25) is 0 Å². The number of amidine groups is 1. The molecule has 0 aromatic carbocycles. The van der Waals surface area contributed by atoms with Crippen molar-refractivity contribution in [1.29, 1.82) is 0 Å². The number of ketones is 1. The van der Waals surface area contributed by atoms with Crippen LogP contribution in [0.4, 0.5) is 0 Å². The number of aliphatic imine (C=N–C) groups is 3. The van der Waals surface area contributed by atoms with Crippen LogP contribution < -0.4 is 0 Å². The predicted octanol–water partition coefficient (Wildman–Crippen LogP) is 0.00670. The molecule has 0 radical (unpaired) electrons. The SMILES string of the molecule is O=C1C=NC2=NCN=CC2=C1. The molecule has 2 aliphatic rings. The Hall–Kier alpha value is -1.58. The van der Waals surface area contributed by atoms with Crippen LogP contribution in [0.15, 0.2) is 26.6 Å². The van der Waals surface area contributed by atoms with Crippen LogP contribution in [-0.4, -0.2) is 30.7 Å². The van der Waals surface area contributed by atoms with Crippen molar-refractivity contribution >= 4 is 24.0 Å². The van der Waals surface area contributed by atoms with E-state index in [0.717, 1.165) is 0 Å². The summed E-state index contributed by atoms with van der Waals surface area (Å²) in [5, 5.41) is 0. The largest absolute Gasteiger partial charge is 0.288 e. The zero-order chi connectivity index (χ0) is 7.68. The quantitative estimate of drug-likeness (QED) is 0.476. The summed E-state index contributed by atoms with van der Waals surface area (Å²) in [5.41, 5.74) is 0.712. The second-order valence-corrected chi connectivity index (χ2v) is 2.20. The first-order valence-electron chi connectivity index (χ1n) is 3.20. The Morgan fingerprint density at radius 3 is 3.18 bits per heavy atom. The van der Waals surface area contributed by atoms with Crippen molar-refractivity contribution in [2.45, 2.75) is 0 Å². The lowest BCUT2D eigenvalue weighted by atomic mass is 10.1. The minimum Gasteiger partial charge on any atom is -0.288 e. The maximum Gasteiger partial charge on any atom is 0.197 e. The number of nitrogens with zero attached hydrogens (tertiary/aromatic N) is 3. The van der Waals surface area contributed by atoms with Crippen LogP contribution in [0.2, 0.25) is 0 Å². The van der Waals surface area contributed by atoms with Gasteiger partial charge in [0, 0.05) is 11.8 Å². The van der Waals surface area contributed by atoms with Crippen molar-refractivity contribution < 1.29 is 4.79 Å². The van der Waals surface area contributed by atoms with Crippen molar-refractivity contribution in [3.05, 3.63) is 11.6 Å². The highest BCUT2D eigenvalue weighted by atomic mass is 16.1. The number of carbonyl (C=O) groups is 1. The van der Waals surface area contributed by atoms with E-state index in [2.05, 4.69) is 15.0 Å². The van der Waals surface area contributed by atoms with E-state index in [1.54, 1.807) is 6.21 Å². The summed E-state index contributed by atoms with van der Waals surface area (Å²) in [5.74, 6) is 0.506.